The van der Waals surface area contributed by atoms with Crippen molar-refractivity contribution in [1.29, 1.82) is 0 Å². The monoisotopic (exact) mass is 378 g/mol. The number of amides is 1. The number of carbonyl (C=O) groups excluding carboxylic acids is 1. The van der Waals surface area contributed by atoms with E-state index in [1.807, 2.05) is 18.2 Å². The van der Waals surface area contributed by atoms with Crippen LogP contribution in [-0.2, 0) is 11.3 Å². The fourth-order valence-electron chi connectivity index (χ4n) is 2.31. The molecule has 4 nitrogen and oxygen atoms in total. The lowest BCUT2D eigenvalue weighted by molar-refractivity contribution is -0.122. The number of halogens is 2. The summed E-state index contributed by atoms with van der Waals surface area (Å²) in [5, 5.41) is 14.1. The minimum absolute atomic E-state index is 0.0250. The van der Waals surface area contributed by atoms with Gasteiger partial charge in [0.05, 0.1) is 6.54 Å². The van der Waals surface area contributed by atoms with Crippen LogP contribution in [-0.4, -0.2) is 21.0 Å². The van der Waals surface area contributed by atoms with E-state index in [4.69, 9.17) is 35.4 Å². The lowest BCUT2D eigenvalue weighted by Crippen LogP contribution is -2.30. The Hall–Kier alpha value is -2.08. The number of nitrogens with one attached hydrogen (secondary N) is 1. The molecule has 0 aliphatic carbocycles. The van der Waals surface area contributed by atoms with E-state index in [1.165, 1.54) is 17.0 Å². The van der Waals surface area contributed by atoms with Gasteiger partial charge < -0.3 is 10.4 Å². The van der Waals surface area contributed by atoms with E-state index < -0.39 is 0 Å². The number of phenols is 1. The molecule has 122 valence electrons. The van der Waals surface area contributed by atoms with Crippen LogP contribution in [0.15, 0.2) is 48.2 Å². The Balaban J connectivity index is 1.88. The summed E-state index contributed by atoms with van der Waals surface area (Å²) in [6, 6.07) is 11.9. The van der Waals surface area contributed by atoms with Gasteiger partial charge in [0.25, 0.3) is 5.91 Å². The summed E-state index contributed by atoms with van der Waals surface area (Å²) in [4.78, 5) is 14.0. The maximum absolute atomic E-state index is 12.6. The summed E-state index contributed by atoms with van der Waals surface area (Å²) in [5.74, 6) is -0.267. The summed E-state index contributed by atoms with van der Waals surface area (Å²) in [6.07, 6.45) is 1.52. The summed E-state index contributed by atoms with van der Waals surface area (Å²) in [6.45, 7) is 0.267. The highest BCUT2D eigenvalue weighted by atomic mass is 35.5. The summed E-state index contributed by atoms with van der Waals surface area (Å²) < 4.78 is 0. The number of aromatic hydroxyl groups is 1. The third-order valence-electron chi connectivity index (χ3n) is 3.54. The molecular formula is C17H12Cl2N2O2S. The van der Waals surface area contributed by atoms with Crippen LogP contribution in [0.3, 0.4) is 0 Å². The molecule has 1 saturated heterocycles. The Morgan fingerprint density at radius 2 is 1.96 bits per heavy atom. The van der Waals surface area contributed by atoms with Crippen LogP contribution in [0.4, 0.5) is 0 Å². The standard InChI is InChI=1S/C17H12Cl2N2O2S/c18-12-5-6-15(22)11(7-12)8-14-16(23)21(17(24)20-14)9-10-3-1-2-4-13(10)19/h1-8,22H,9H2,(H,20,24). The maximum atomic E-state index is 12.6. The molecule has 0 atom stereocenters. The van der Waals surface area contributed by atoms with E-state index in [9.17, 15) is 9.90 Å². The summed E-state index contributed by atoms with van der Waals surface area (Å²) in [7, 11) is 0. The Kier molecular flexibility index (Phi) is 4.76. The molecule has 0 saturated carbocycles. The molecule has 0 radical (unpaired) electrons. The van der Waals surface area contributed by atoms with Gasteiger partial charge in [0.2, 0.25) is 0 Å². The first kappa shape index (κ1) is 16.8. The Morgan fingerprint density at radius 3 is 2.71 bits per heavy atom. The minimum atomic E-state index is -0.292. The molecule has 1 aliphatic heterocycles. The van der Waals surface area contributed by atoms with Gasteiger partial charge in [-0.1, -0.05) is 41.4 Å². The first-order valence-electron chi connectivity index (χ1n) is 7.02. The van der Waals surface area contributed by atoms with Crippen LogP contribution in [0.25, 0.3) is 6.08 Å². The van der Waals surface area contributed by atoms with Crippen molar-refractivity contribution < 1.29 is 9.90 Å². The summed E-state index contributed by atoms with van der Waals surface area (Å²) in [5.41, 5.74) is 1.49. The fourth-order valence-corrected chi connectivity index (χ4v) is 2.94. The van der Waals surface area contributed by atoms with Crippen molar-refractivity contribution >= 4 is 52.5 Å². The van der Waals surface area contributed by atoms with Gasteiger partial charge in [0, 0.05) is 15.6 Å². The zero-order chi connectivity index (χ0) is 17.3. The van der Waals surface area contributed by atoms with E-state index >= 15 is 0 Å². The molecule has 7 heteroatoms. The highest BCUT2D eigenvalue weighted by Crippen LogP contribution is 2.26. The maximum Gasteiger partial charge on any atom is 0.276 e. The zero-order valence-corrected chi connectivity index (χ0v) is 14.6. The van der Waals surface area contributed by atoms with Gasteiger partial charge in [-0.2, -0.15) is 0 Å². The van der Waals surface area contributed by atoms with Crippen molar-refractivity contribution in [3.8, 4) is 5.75 Å². The van der Waals surface area contributed by atoms with Crippen molar-refractivity contribution in [2.75, 3.05) is 0 Å². The van der Waals surface area contributed by atoms with E-state index in [1.54, 1.807) is 18.2 Å². The van der Waals surface area contributed by atoms with Gasteiger partial charge in [0.15, 0.2) is 5.11 Å². The van der Waals surface area contributed by atoms with Crippen LogP contribution in [0.2, 0.25) is 10.0 Å². The quantitative estimate of drug-likeness (QED) is 0.626. The summed E-state index contributed by atoms with van der Waals surface area (Å²) >= 11 is 17.3. The third-order valence-corrected chi connectivity index (χ3v) is 4.46. The second-order valence-electron chi connectivity index (χ2n) is 5.17. The van der Waals surface area contributed by atoms with Crippen molar-refractivity contribution in [3.05, 3.63) is 69.3 Å². The zero-order valence-electron chi connectivity index (χ0n) is 12.3. The SMILES string of the molecule is O=C1C(=Cc2cc(Cl)ccc2O)NC(=S)N1Cc1ccccc1Cl. The number of phenolic OH excluding ortho intramolecular Hbond substituents is 1. The van der Waals surface area contributed by atoms with Crippen LogP contribution in [0, 0.1) is 0 Å². The Morgan fingerprint density at radius 1 is 1.21 bits per heavy atom. The molecule has 0 spiro atoms. The van der Waals surface area contributed by atoms with E-state index in [2.05, 4.69) is 5.32 Å². The molecule has 1 amide bonds. The van der Waals surface area contributed by atoms with Crippen LogP contribution >= 0.6 is 35.4 Å². The molecule has 2 aromatic carbocycles. The van der Waals surface area contributed by atoms with E-state index in [0.29, 0.717) is 15.6 Å². The molecule has 0 bridgehead atoms. The molecule has 0 aromatic heterocycles. The number of hydrogen-bond donors (Lipinski definition) is 2. The highest BCUT2D eigenvalue weighted by molar-refractivity contribution is 7.80. The molecule has 3 rings (SSSR count). The van der Waals surface area contributed by atoms with Crippen molar-refractivity contribution in [1.82, 2.24) is 10.2 Å². The normalized spacial score (nSPS) is 15.9. The van der Waals surface area contributed by atoms with Gasteiger partial charge in [-0.05, 0) is 48.1 Å². The Bertz CT molecular complexity index is 867. The average Bonchev–Trinajstić information content (AvgIpc) is 2.80. The van der Waals surface area contributed by atoms with Gasteiger partial charge in [-0.25, -0.2) is 0 Å². The molecule has 1 heterocycles. The number of nitrogens with zero attached hydrogens (tertiary/aromatic N) is 1. The largest absolute Gasteiger partial charge is 0.507 e. The van der Waals surface area contributed by atoms with Gasteiger partial charge in [0.1, 0.15) is 11.4 Å². The molecule has 0 unspecified atom stereocenters. The van der Waals surface area contributed by atoms with Crippen LogP contribution in [0.5, 0.6) is 5.75 Å². The lowest BCUT2D eigenvalue weighted by atomic mass is 10.1. The lowest BCUT2D eigenvalue weighted by Gasteiger charge is -2.14. The number of benzene rings is 2. The van der Waals surface area contributed by atoms with Crippen molar-refractivity contribution in [2.24, 2.45) is 0 Å². The topological polar surface area (TPSA) is 52.6 Å². The van der Waals surface area contributed by atoms with Gasteiger partial charge in [-0.3, -0.25) is 9.69 Å². The number of hydrogen-bond acceptors (Lipinski definition) is 3. The third kappa shape index (κ3) is 3.38. The minimum Gasteiger partial charge on any atom is -0.507 e. The highest BCUT2D eigenvalue weighted by Gasteiger charge is 2.31. The van der Waals surface area contributed by atoms with E-state index in [0.717, 1.165) is 5.56 Å². The second-order valence-corrected chi connectivity index (χ2v) is 6.40. The smallest absolute Gasteiger partial charge is 0.276 e. The van der Waals surface area contributed by atoms with Crippen LogP contribution in [0.1, 0.15) is 11.1 Å². The average molecular weight is 379 g/mol. The van der Waals surface area contributed by atoms with Crippen LogP contribution < -0.4 is 5.32 Å². The first-order chi connectivity index (χ1) is 11.5. The van der Waals surface area contributed by atoms with Gasteiger partial charge >= 0.3 is 0 Å². The number of carbonyl (C=O) groups is 1. The number of rotatable bonds is 3. The molecular weight excluding hydrogens is 367 g/mol. The van der Waals surface area contributed by atoms with Crippen molar-refractivity contribution in [2.45, 2.75) is 6.54 Å². The predicted octanol–water partition coefficient (Wildman–Crippen LogP) is 3.96. The van der Waals surface area contributed by atoms with E-state index in [-0.39, 0.29) is 29.0 Å². The van der Waals surface area contributed by atoms with Crippen molar-refractivity contribution in [3.63, 3.8) is 0 Å². The molecule has 2 aromatic rings. The number of thiocarbonyl (C=S) groups is 1. The first-order valence-corrected chi connectivity index (χ1v) is 8.18. The molecule has 1 aliphatic rings. The fraction of sp³-hybridized carbons (Fsp3) is 0.0588. The Labute approximate surface area is 154 Å². The molecule has 24 heavy (non-hydrogen) atoms. The van der Waals surface area contributed by atoms with Gasteiger partial charge in [-0.15, -0.1) is 0 Å². The molecule has 1 fully saturated rings. The second kappa shape index (κ2) is 6.81. The molecule has 2 N–H and O–H groups in total. The predicted molar refractivity (Wildman–Crippen MR) is 98.8 cm³/mol.